The molecule has 0 aromatic rings. The fraction of sp³-hybridized carbons (Fsp3) is 0.545. The van der Waals surface area contributed by atoms with Gasteiger partial charge in [0.05, 0.1) is 0 Å². The van der Waals surface area contributed by atoms with Crippen LogP contribution < -0.4 is 5.32 Å². The summed E-state index contributed by atoms with van der Waals surface area (Å²) in [5, 5.41) is 12.1. The highest BCUT2D eigenvalue weighted by Crippen LogP contribution is 2.10. The maximum atomic E-state index is 11.2. The summed E-state index contributed by atoms with van der Waals surface area (Å²) in [5.41, 5.74) is 0. The number of aliphatic hydroxyl groups excluding tert-OH is 1. The van der Waals surface area contributed by atoms with Crippen LogP contribution in [0.5, 0.6) is 0 Å². The molecule has 0 aliphatic rings. The number of aliphatic hydroxyl groups is 1. The number of hydrogen-bond acceptors (Lipinski definition) is 2. The first-order valence-electron chi connectivity index (χ1n) is 4.63. The van der Waals surface area contributed by atoms with E-state index in [-0.39, 0.29) is 11.8 Å². The Labute approximate surface area is 85.2 Å². The van der Waals surface area contributed by atoms with Gasteiger partial charge in [-0.25, -0.2) is 0 Å². The first-order chi connectivity index (χ1) is 6.63. The third kappa shape index (κ3) is 4.68. The van der Waals surface area contributed by atoms with Gasteiger partial charge in [0.15, 0.2) is 0 Å². The van der Waals surface area contributed by atoms with E-state index in [0.717, 1.165) is 0 Å². The van der Waals surface area contributed by atoms with Crippen LogP contribution in [0.4, 0.5) is 0 Å². The molecule has 0 fully saturated rings. The molecule has 3 nitrogen and oxygen atoms in total. The molecule has 0 radical (unpaired) electrons. The molecule has 0 aromatic carbocycles. The van der Waals surface area contributed by atoms with E-state index in [2.05, 4.69) is 17.8 Å². The van der Waals surface area contributed by atoms with E-state index in [1.807, 2.05) is 0 Å². The van der Waals surface area contributed by atoms with Crippen LogP contribution in [0.1, 0.15) is 19.8 Å². The van der Waals surface area contributed by atoms with Crippen molar-refractivity contribution in [3.8, 4) is 12.3 Å². The number of amides is 1. The van der Waals surface area contributed by atoms with E-state index in [1.165, 1.54) is 0 Å². The topological polar surface area (TPSA) is 49.3 Å². The van der Waals surface area contributed by atoms with Gasteiger partial charge in [0.2, 0.25) is 5.91 Å². The van der Waals surface area contributed by atoms with Gasteiger partial charge in [0, 0.05) is 13.0 Å². The van der Waals surface area contributed by atoms with Crippen LogP contribution in [0.2, 0.25) is 0 Å². The van der Waals surface area contributed by atoms with Crippen molar-refractivity contribution in [2.75, 3.05) is 6.54 Å². The molecule has 78 valence electrons. The summed E-state index contributed by atoms with van der Waals surface area (Å²) in [6, 6.07) is 0. The van der Waals surface area contributed by atoms with Crippen molar-refractivity contribution in [1.29, 1.82) is 0 Å². The predicted octanol–water partition coefficient (Wildman–Crippen LogP) is 0.699. The summed E-state index contributed by atoms with van der Waals surface area (Å²) < 4.78 is 0. The van der Waals surface area contributed by atoms with Crippen molar-refractivity contribution in [1.82, 2.24) is 5.32 Å². The second-order valence-corrected chi connectivity index (χ2v) is 3.20. The molecule has 0 rings (SSSR count). The molecule has 0 saturated carbocycles. The average molecular weight is 195 g/mol. The molecule has 2 unspecified atom stereocenters. The minimum absolute atomic E-state index is 0.115. The molecule has 0 saturated heterocycles. The first-order valence-corrected chi connectivity index (χ1v) is 4.63. The number of carbonyl (C=O) groups is 1. The molecule has 0 bridgehead atoms. The molecule has 2 N–H and O–H groups in total. The third-order valence-electron chi connectivity index (χ3n) is 1.97. The van der Waals surface area contributed by atoms with E-state index in [9.17, 15) is 9.90 Å². The van der Waals surface area contributed by atoms with Crippen molar-refractivity contribution < 1.29 is 9.90 Å². The minimum Gasteiger partial charge on any atom is -0.383 e. The number of nitrogens with one attached hydrogen (secondary N) is 1. The van der Waals surface area contributed by atoms with Crippen LogP contribution in [0.25, 0.3) is 0 Å². The zero-order chi connectivity index (χ0) is 11.0. The van der Waals surface area contributed by atoms with Gasteiger partial charge in [-0.05, 0) is 12.3 Å². The van der Waals surface area contributed by atoms with Crippen molar-refractivity contribution in [2.45, 2.75) is 25.9 Å². The number of hydrogen-bond donors (Lipinski definition) is 2. The molecule has 0 heterocycles. The molecule has 1 amide bonds. The Hall–Kier alpha value is -1.27. The second-order valence-electron chi connectivity index (χ2n) is 3.20. The lowest BCUT2D eigenvalue weighted by molar-refractivity contribution is -0.131. The van der Waals surface area contributed by atoms with E-state index < -0.39 is 6.10 Å². The molecule has 0 aliphatic heterocycles. The molecule has 2 atom stereocenters. The van der Waals surface area contributed by atoms with E-state index >= 15 is 0 Å². The van der Waals surface area contributed by atoms with Crippen molar-refractivity contribution in [3.63, 3.8) is 0 Å². The fourth-order valence-corrected chi connectivity index (χ4v) is 1.00. The van der Waals surface area contributed by atoms with Gasteiger partial charge in [0.25, 0.3) is 0 Å². The quantitative estimate of drug-likeness (QED) is 0.484. The summed E-state index contributed by atoms with van der Waals surface area (Å²) in [5.74, 6) is 2.00. The van der Waals surface area contributed by atoms with E-state index in [0.29, 0.717) is 19.4 Å². The lowest BCUT2D eigenvalue weighted by Crippen LogP contribution is -2.38. The highest BCUT2D eigenvalue weighted by molar-refractivity contribution is 5.80. The Kier molecular flexibility index (Phi) is 6.51. The summed E-state index contributed by atoms with van der Waals surface area (Å²) in [6.45, 7) is 5.64. The van der Waals surface area contributed by atoms with Gasteiger partial charge in [-0.1, -0.05) is 13.0 Å². The summed E-state index contributed by atoms with van der Waals surface area (Å²) in [6.07, 6.45) is 6.90. The molecule has 3 heteroatoms. The monoisotopic (exact) mass is 195 g/mol. The summed E-state index contributed by atoms with van der Waals surface area (Å²) in [4.78, 5) is 11.2. The van der Waals surface area contributed by atoms with Crippen LogP contribution in [0, 0.1) is 18.3 Å². The molecule has 0 aliphatic carbocycles. The summed E-state index contributed by atoms with van der Waals surface area (Å²) in [7, 11) is 0. The SMILES string of the molecule is C#CCCC(C)C(O)C(=O)NCC=C. The van der Waals surface area contributed by atoms with Gasteiger partial charge < -0.3 is 10.4 Å². The number of carbonyl (C=O) groups excluding carboxylic acids is 1. The maximum absolute atomic E-state index is 11.2. The van der Waals surface area contributed by atoms with Gasteiger partial charge in [-0.15, -0.1) is 18.9 Å². The van der Waals surface area contributed by atoms with Gasteiger partial charge >= 0.3 is 0 Å². The van der Waals surface area contributed by atoms with Gasteiger partial charge in [-0.2, -0.15) is 0 Å². The molecular weight excluding hydrogens is 178 g/mol. The van der Waals surface area contributed by atoms with Crippen LogP contribution >= 0.6 is 0 Å². The van der Waals surface area contributed by atoms with Crippen molar-refractivity contribution >= 4 is 5.91 Å². The largest absolute Gasteiger partial charge is 0.383 e. The van der Waals surface area contributed by atoms with Gasteiger partial charge in [0.1, 0.15) is 6.10 Å². The molecular formula is C11H17NO2. The Morgan fingerprint density at radius 1 is 1.79 bits per heavy atom. The highest BCUT2D eigenvalue weighted by atomic mass is 16.3. The van der Waals surface area contributed by atoms with Crippen molar-refractivity contribution in [3.05, 3.63) is 12.7 Å². The van der Waals surface area contributed by atoms with Gasteiger partial charge in [-0.3, -0.25) is 4.79 Å². The van der Waals surface area contributed by atoms with E-state index in [1.54, 1.807) is 13.0 Å². The Morgan fingerprint density at radius 3 is 2.93 bits per heavy atom. The van der Waals surface area contributed by atoms with E-state index in [4.69, 9.17) is 6.42 Å². The highest BCUT2D eigenvalue weighted by Gasteiger charge is 2.20. The van der Waals surface area contributed by atoms with Crippen LogP contribution in [0.15, 0.2) is 12.7 Å². The average Bonchev–Trinajstić information content (AvgIpc) is 2.21. The lowest BCUT2D eigenvalue weighted by Gasteiger charge is -2.16. The summed E-state index contributed by atoms with van der Waals surface area (Å²) >= 11 is 0. The second kappa shape index (κ2) is 7.16. The fourth-order valence-electron chi connectivity index (χ4n) is 1.00. The number of terminal acetylenes is 1. The Morgan fingerprint density at radius 2 is 2.43 bits per heavy atom. The van der Waals surface area contributed by atoms with Crippen LogP contribution in [-0.4, -0.2) is 23.7 Å². The minimum atomic E-state index is -0.983. The normalized spacial score (nSPS) is 13.8. The number of rotatable bonds is 6. The Balaban J connectivity index is 3.91. The molecule has 14 heavy (non-hydrogen) atoms. The third-order valence-corrected chi connectivity index (χ3v) is 1.97. The lowest BCUT2D eigenvalue weighted by atomic mass is 9.98. The van der Waals surface area contributed by atoms with Crippen LogP contribution in [-0.2, 0) is 4.79 Å². The maximum Gasteiger partial charge on any atom is 0.249 e. The molecule has 0 spiro atoms. The zero-order valence-corrected chi connectivity index (χ0v) is 8.49. The van der Waals surface area contributed by atoms with Crippen LogP contribution in [0.3, 0.4) is 0 Å². The molecule has 0 aromatic heterocycles. The zero-order valence-electron chi connectivity index (χ0n) is 8.49. The predicted molar refractivity (Wildman–Crippen MR) is 56.4 cm³/mol. The standard InChI is InChI=1S/C11H17NO2/c1-4-6-7-9(3)10(13)11(14)12-8-5-2/h1,5,9-10,13H,2,6-8H2,3H3,(H,12,14). The smallest absolute Gasteiger partial charge is 0.249 e. The first kappa shape index (κ1) is 12.7. The van der Waals surface area contributed by atoms with Crippen molar-refractivity contribution in [2.24, 2.45) is 5.92 Å². The Bertz CT molecular complexity index is 230.